The van der Waals surface area contributed by atoms with Gasteiger partial charge in [-0.3, -0.25) is 0 Å². The monoisotopic (exact) mass is 506 g/mol. The molecule has 1 N–H and O–H groups in total. The molecule has 3 aromatic rings. The van der Waals surface area contributed by atoms with Gasteiger partial charge in [0.2, 0.25) is 0 Å². The first-order chi connectivity index (χ1) is 18.0. The minimum Gasteiger partial charge on any atom is -0.490 e. The number of aromatic carboxylic acids is 1. The second-order valence-electron chi connectivity index (χ2n) is 9.52. The Morgan fingerprint density at radius 1 is 0.811 bits per heavy atom. The molecule has 5 nitrogen and oxygen atoms in total. The molecule has 0 radical (unpaired) electrons. The number of aryl methyl sites for hydroxylation is 1. The Morgan fingerprint density at radius 2 is 1.41 bits per heavy atom. The third-order valence-electron chi connectivity index (χ3n) is 6.55. The number of ether oxygens (including phenoxy) is 1. The first-order valence-electron chi connectivity index (χ1n) is 13.7. The second-order valence-corrected chi connectivity index (χ2v) is 9.52. The van der Waals surface area contributed by atoms with Crippen LogP contribution in [0.1, 0.15) is 94.0 Å². The van der Waals surface area contributed by atoms with Crippen LogP contribution in [0.15, 0.2) is 48.8 Å². The van der Waals surface area contributed by atoms with Crippen molar-refractivity contribution in [3.05, 3.63) is 65.7 Å². The van der Waals surface area contributed by atoms with E-state index in [0.29, 0.717) is 18.0 Å². The van der Waals surface area contributed by atoms with Gasteiger partial charge < -0.3 is 9.84 Å². The van der Waals surface area contributed by atoms with Crippen LogP contribution in [0, 0.1) is 5.82 Å². The Morgan fingerprint density at radius 3 is 2.03 bits per heavy atom. The summed E-state index contributed by atoms with van der Waals surface area (Å²) in [5.74, 6) is -1.17. The van der Waals surface area contributed by atoms with E-state index in [2.05, 4.69) is 23.8 Å². The van der Waals surface area contributed by atoms with E-state index in [9.17, 15) is 9.90 Å². The number of nitrogens with zero attached hydrogens (tertiary/aromatic N) is 2. The molecule has 0 aliphatic heterocycles. The van der Waals surface area contributed by atoms with E-state index in [-0.39, 0.29) is 16.9 Å². The molecule has 0 aliphatic carbocycles. The molecule has 3 rings (SSSR count). The predicted molar refractivity (Wildman–Crippen MR) is 147 cm³/mol. The van der Waals surface area contributed by atoms with Gasteiger partial charge in [-0.25, -0.2) is 19.2 Å². The van der Waals surface area contributed by atoms with E-state index in [1.165, 1.54) is 44.2 Å². The highest BCUT2D eigenvalue weighted by Gasteiger charge is 2.20. The Labute approximate surface area is 220 Å². The van der Waals surface area contributed by atoms with Gasteiger partial charge >= 0.3 is 5.97 Å². The number of halogens is 1. The van der Waals surface area contributed by atoms with Gasteiger partial charge in [-0.05, 0) is 42.5 Å². The lowest BCUT2D eigenvalue weighted by Crippen LogP contribution is -2.06. The van der Waals surface area contributed by atoms with Gasteiger partial charge in [0.05, 0.1) is 12.2 Å². The highest BCUT2D eigenvalue weighted by atomic mass is 19.1. The van der Waals surface area contributed by atoms with Crippen molar-refractivity contribution in [1.82, 2.24) is 9.97 Å². The Hall–Kier alpha value is -3.28. The minimum absolute atomic E-state index is 0.0295. The summed E-state index contributed by atoms with van der Waals surface area (Å²) in [6.07, 6.45) is 16.2. The zero-order valence-corrected chi connectivity index (χ0v) is 22.1. The number of hydrogen-bond donors (Lipinski definition) is 1. The largest absolute Gasteiger partial charge is 0.490 e. The van der Waals surface area contributed by atoms with Crippen molar-refractivity contribution in [2.24, 2.45) is 0 Å². The van der Waals surface area contributed by atoms with Crippen LogP contribution in [-0.2, 0) is 6.42 Å². The summed E-state index contributed by atoms with van der Waals surface area (Å²) in [5, 5.41) is 9.67. The van der Waals surface area contributed by atoms with Crippen LogP contribution >= 0.6 is 0 Å². The summed E-state index contributed by atoms with van der Waals surface area (Å²) in [6, 6.07) is 9.81. The van der Waals surface area contributed by atoms with E-state index in [1.807, 2.05) is 12.4 Å². The second kappa shape index (κ2) is 15.1. The predicted octanol–water partition coefficient (Wildman–Crippen LogP) is 8.51. The van der Waals surface area contributed by atoms with Crippen molar-refractivity contribution in [1.29, 1.82) is 0 Å². The molecule has 0 saturated carbocycles. The molecule has 1 heterocycles. The average Bonchev–Trinajstić information content (AvgIpc) is 2.91. The molecule has 0 fully saturated rings. The van der Waals surface area contributed by atoms with Crippen molar-refractivity contribution < 1.29 is 19.0 Å². The SMILES string of the molecule is CCCCCCCOc1ccc(C(=O)O)c(-c2ccc(-c3ncc(CCCCCCC)cn3)cc2)c1F. The highest BCUT2D eigenvalue weighted by molar-refractivity contribution is 5.96. The van der Waals surface area contributed by atoms with Gasteiger partial charge in [0, 0.05) is 23.5 Å². The molecule has 2 aromatic carbocycles. The van der Waals surface area contributed by atoms with Crippen molar-refractivity contribution in [3.8, 4) is 28.3 Å². The molecule has 1 aromatic heterocycles. The number of carbonyl (C=O) groups is 1. The van der Waals surface area contributed by atoms with Crippen molar-refractivity contribution in [3.63, 3.8) is 0 Å². The molecule has 0 amide bonds. The average molecular weight is 507 g/mol. The molecular weight excluding hydrogens is 467 g/mol. The summed E-state index contributed by atoms with van der Waals surface area (Å²) in [6.45, 7) is 4.77. The van der Waals surface area contributed by atoms with Crippen LogP contribution in [0.4, 0.5) is 4.39 Å². The van der Waals surface area contributed by atoms with Crippen LogP contribution in [0.25, 0.3) is 22.5 Å². The zero-order chi connectivity index (χ0) is 26.5. The van der Waals surface area contributed by atoms with Crippen LogP contribution in [0.2, 0.25) is 0 Å². The zero-order valence-electron chi connectivity index (χ0n) is 22.1. The normalized spacial score (nSPS) is 11.0. The third kappa shape index (κ3) is 8.38. The molecular formula is C31H39FN2O3. The molecule has 0 saturated heterocycles. The van der Waals surface area contributed by atoms with E-state index >= 15 is 4.39 Å². The number of carboxylic acids is 1. The summed E-state index contributed by atoms with van der Waals surface area (Å²) < 4.78 is 21.1. The molecule has 0 aliphatic rings. The first kappa shape index (κ1) is 28.3. The van der Waals surface area contributed by atoms with Gasteiger partial charge in [0.25, 0.3) is 0 Å². The minimum atomic E-state index is -1.18. The lowest BCUT2D eigenvalue weighted by molar-refractivity contribution is 0.0697. The van der Waals surface area contributed by atoms with E-state index in [0.717, 1.165) is 49.7 Å². The van der Waals surface area contributed by atoms with E-state index in [4.69, 9.17) is 4.74 Å². The van der Waals surface area contributed by atoms with Crippen LogP contribution in [-0.4, -0.2) is 27.7 Å². The molecule has 0 unspecified atom stereocenters. The topological polar surface area (TPSA) is 72.3 Å². The molecule has 0 spiro atoms. The van der Waals surface area contributed by atoms with Crippen molar-refractivity contribution >= 4 is 5.97 Å². The smallest absolute Gasteiger partial charge is 0.336 e. The number of benzene rings is 2. The van der Waals surface area contributed by atoms with Crippen LogP contribution in [0.5, 0.6) is 5.75 Å². The number of carboxylic acid groups (broad SMARTS) is 1. The quantitative estimate of drug-likeness (QED) is 0.197. The molecule has 0 atom stereocenters. The standard InChI is InChI=1S/C31H39FN2O3/c1-3-5-7-9-11-13-23-21-33-30(34-22-23)25-16-14-24(15-17-25)28-26(31(35)36)18-19-27(29(28)32)37-20-12-10-8-6-4-2/h14-19,21-22H,3-13,20H2,1-2H3,(H,35,36). The number of unbranched alkanes of at least 4 members (excludes halogenated alkanes) is 8. The van der Waals surface area contributed by atoms with Gasteiger partial charge in [-0.1, -0.05) is 89.5 Å². The van der Waals surface area contributed by atoms with Gasteiger partial charge in [-0.2, -0.15) is 0 Å². The number of aromatic nitrogens is 2. The lowest BCUT2D eigenvalue weighted by atomic mass is 9.97. The van der Waals surface area contributed by atoms with Gasteiger partial charge in [0.1, 0.15) is 0 Å². The van der Waals surface area contributed by atoms with E-state index < -0.39 is 11.8 Å². The Balaban J connectivity index is 1.71. The molecule has 37 heavy (non-hydrogen) atoms. The maximum absolute atomic E-state index is 15.4. The number of hydrogen-bond acceptors (Lipinski definition) is 4. The maximum Gasteiger partial charge on any atom is 0.336 e. The highest BCUT2D eigenvalue weighted by Crippen LogP contribution is 2.34. The fraction of sp³-hybridized carbons (Fsp3) is 0.452. The first-order valence-corrected chi connectivity index (χ1v) is 13.7. The summed E-state index contributed by atoms with van der Waals surface area (Å²) >= 11 is 0. The van der Waals surface area contributed by atoms with Gasteiger partial charge in [0.15, 0.2) is 17.4 Å². The summed E-state index contributed by atoms with van der Waals surface area (Å²) in [5.41, 5.74) is 2.31. The molecule has 198 valence electrons. The fourth-order valence-electron chi connectivity index (χ4n) is 4.37. The third-order valence-corrected chi connectivity index (χ3v) is 6.55. The number of rotatable bonds is 16. The lowest BCUT2D eigenvalue weighted by Gasteiger charge is -2.13. The van der Waals surface area contributed by atoms with Crippen molar-refractivity contribution in [2.45, 2.75) is 84.5 Å². The van der Waals surface area contributed by atoms with Crippen LogP contribution < -0.4 is 4.74 Å². The Bertz CT molecular complexity index is 1110. The van der Waals surface area contributed by atoms with Gasteiger partial charge in [-0.15, -0.1) is 0 Å². The fourth-order valence-corrected chi connectivity index (χ4v) is 4.37. The summed E-state index contributed by atoms with van der Waals surface area (Å²) in [7, 11) is 0. The molecule has 0 bridgehead atoms. The maximum atomic E-state index is 15.4. The van der Waals surface area contributed by atoms with E-state index in [1.54, 1.807) is 24.3 Å². The summed E-state index contributed by atoms with van der Waals surface area (Å²) in [4.78, 5) is 20.8. The van der Waals surface area contributed by atoms with Crippen molar-refractivity contribution in [2.75, 3.05) is 6.61 Å². The molecule has 6 heteroatoms. The van der Waals surface area contributed by atoms with Crippen LogP contribution in [0.3, 0.4) is 0 Å². The Kier molecular flexibility index (Phi) is 11.5.